The molecule has 0 fully saturated rings. The second-order valence-electron chi connectivity index (χ2n) is 14.5. The van der Waals surface area contributed by atoms with Crippen LogP contribution in [0.1, 0.15) is 60.0 Å². The lowest BCUT2D eigenvalue weighted by atomic mass is 10.0. The molecular formula is C43H35N7O7. The molecule has 10 rings (SSSR count). The van der Waals surface area contributed by atoms with Gasteiger partial charge in [0.2, 0.25) is 11.6 Å². The Morgan fingerprint density at radius 1 is 0.684 bits per heavy atom. The van der Waals surface area contributed by atoms with Crippen molar-refractivity contribution >= 4 is 33.7 Å². The van der Waals surface area contributed by atoms with Crippen LogP contribution in [0.2, 0.25) is 0 Å². The van der Waals surface area contributed by atoms with Gasteiger partial charge in [-0.15, -0.1) is 0 Å². The maximum absolute atomic E-state index is 13.2. The molecule has 2 aliphatic rings. The van der Waals surface area contributed by atoms with Gasteiger partial charge in [0.15, 0.2) is 0 Å². The minimum absolute atomic E-state index is 0.0758. The standard InChI is InChI=1S/C43H35N7O7/c1-53-28-14-27(15-29(20-28)54-2)43-48-41(50-57-43)25-8-12-35-33(17-25)31-10-6-23(39(31)46-35)19-37(52)55-36(51)18-22-5-9-30-32-16-24(7-11-34(32)45-38(22)30)40-47-42(56-49-40)26-4-3-13-44-21-26/h3-4,7-8,11-17,20-23,45-46H,5-6,9-10,18-19H2,1-2H3. The number of esters is 2. The number of pyridine rings is 1. The summed E-state index contributed by atoms with van der Waals surface area (Å²) in [6.07, 6.45) is 6.74. The van der Waals surface area contributed by atoms with Crippen molar-refractivity contribution in [2.45, 2.75) is 50.4 Å². The highest BCUT2D eigenvalue weighted by atomic mass is 16.6. The molecule has 2 atom stereocenters. The molecule has 0 saturated heterocycles. The van der Waals surface area contributed by atoms with Crippen molar-refractivity contribution in [3.63, 3.8) is 0 Å². The van der Waals surface area contributed by atoms with Crippen LogP contribution in [-0.4, -0.2) is 61.4 Å². The van der Waals surface area contributed by atoms with Crippen LogP contribution >= 0.6 is 0 Å². The topological polar surface area (TPSA) is 184 Å². The highest BCUT2D eigenvalue weighted by Gasteiger charge is 2.33. The Kier molecular flexibility index (Phi) is 8.38. The molecule has 3 aromatic carbocycles. The number of ether oxygens (including phenoxy) is 3. The van der Waals surface area contributed by atoms with E-state index in [1.807, 2.05) is 54.6 Å². The van der Waals surface area contributed by atoms with Gasteiger partial charge in [-0.05, 0) is 97.5 Å². The lowest BCUT2D eigenvalue weighted by molar-refractivity contribution is -0.160. The fraction of sp³-hybridized carbons (Fsp3) is 0.233. The number of nitrogens with one attached hydrogen (secondary N) is 2. The molecule has 0 aliphatic heterocycles. The lowest BCUT2D eigenvalue weighted by Crippen LogP contribution is -2.16. The van der Waals surface area contributed by atoms with Crippen molar-refractivity contribution in [1.29, 1.82) is 0 Å². The molecule has 2 N–H and O–H groups in total. The van der Waals surface area contributed by atoms with Gasteiger partial charge in [0.05, 0.1) is 32.6 Å². The molecule has 0 bridgehead atoms. The number of H-pyrrole nitrogens is 2. The number of hydrogen-bond donors (Lipinski definition) is 2. The summed E-state index contributed by atoms with van der Waals surface area (Å²) in [5, 5.41) is 10.5. The van der Waals surface area contributed by atoms with Crippen molar-refractivity contribution < 1.29 is 32.8 Å². The van der Waals surface area contributed by atoms with Gasteiger partial charge in [-0.3, -0.25) is 14.6 Å². The molecule has 14 nitrogen and oxygen atoms in total. The zero-order chi connectivity index (χ0) is 38.6. The van der Waals surface area contributed by atoms with Crippen molar-refractivity contribution in [2.75, 3.05) is 14.2 Å². The number of benzene rings is 3. The molecule has 2 unspecified atom stereocenters. The summed E-state index contributed by atoms with van der Waals surface area (Å²) in [6.45, 7) is 0. The van der Waals surface area contributed by atoms with Crippen LogP contribution in [0.4, 0.5) is 0 Å². The van der Waals surface area contributed by atoms with Gasteiger partial charge in [-0.2, -0.15) is 9.97 Å². The van der Waals surface area contributed by atoms with Gasteiger partial charge in [-0.1, -0.05) is 10.3 Å². The molecule has 14 heteroatoms. The SMILES string of the molecule is COc1cc(OC)cc(-c2nc(-c3ccc4[nH]c5c(c4c3)CCC5CC(=O)OC(=O)CC3CCc4c3[nH]c3ccc(-c5noc(-c6cccnc6)n5)cc43)no2)c1. The average molecular weight is 762 g/mol. The Balaban J connectivity index is 0.794. The second kappa shape index (κ2) is 13.9. The molecule has 2 aliphatic carbocycles. The van der Waals surface area contributed by atoms with E-state index in [1.165, 1.54) is 0 Å². The molecule has 8 aromatic rings. The number of aromatic nitrogens is 7. The summed E-state index contributed by atoms with van der Waals surface area (Å²) in [6, 6.07) is 21.0. The lowest BCUT2D eigenvalue weighted by Gasteiger charge is -2.11. The molecule has 0 spiro atoms. The Labute approximate surface area is 324 Å². The number of nitrogens with zero attached hydrogens (tertiary/aromatic N) is 5. The van der Waals surface area contributed by atoms with E-state index >= 15 is 0 Å². The first kappa shape index (κ1) is 34.4. The number of hydrogen-bond acceptors (Lipinski definition) is 12. The summed E-state index contributed by atoms with van der Waals surface area (Å²) in [5.41, 5.74) is 9.28. The predicted molar refractivity (Wildman–Crippen MR) is 207 cm³/mol. The summed E-state index contributed by atoms with van der Waals surface area (Å²) < 4.78 is 27.3. The average Bonchev–Trinajstić information content (AvgIpc) is 4.10. The van der Waals surface area contributed by atoms with Gasteiger partial charge >= 0.3 is 11.9 Å². The molecule has 284 valence electrons. The molecule has 0 radical (unpaired) electrons. The molecule has 57 heavy (non-hydrogen) atoms. The number of aromatic amines is 2. The molecule has 0 amide bonds. The van der Waals surface area contributed by atoms with Crippen molar-refractivity contribution in [3.05, 3.63) is 102 Å². The minimum Gasteiger partial charge on any atom is -0.497 e. The van der Waals surface area contributed by atoms with E-state index in [-0.39, 0.29) is 24.7 Å². The third kappa shape index (κ3) is 6.28. The largest absolute Gasteiger partial charge is 0.497 e. The number of methoxy groups -OCH3 is 2. The van der Waals surface area contributed by atoms with E-state index < -0.39 is 11.9 Å². The first-order valence-corrected chi connectivity index (χ1v) is 18.7. The number of carbonyl (C=O) groups excluding carboxylic acids is 2. The summed E-state index contributed by atoms with van der Waals surface area (Å²) >= 11 is 0. The Morgan fingerprint density at radius 3 is 1.74 bits per heavy atom. The fourth-order valence-electron chi connectivity index (χ4n) is 8.33. The van der Waals surface area contributed by atoms with E-state index in [2.05, 4.69) is 41.3 Å². The van der Waals surface area contributed by atoms with Crippen LogP contribution in [0, 0.1) is 0 Å². The van der Waals surface area contributed by atoms with Crippen molar-refractivity contribution in [3.8, 4) is 57.2 Å². The quantitative estimate of drug-likeness (QED) is 0.101. The summed E-state index contributed by atoms with van der Waals surface area (Å²) in [4.78, 5) is 46.7. The minimum atomic E-state index is -0.518. The van der Waals surface area contributed by atoms with Crippen LogP contribution in [-0.2, 0) is 27.2 Å². The number of carbonyl (C=O) groups is 2. The van der Waals surface area contributed by atoms with E-state index in [0.29, 0.717) is 40.5 Å². The third-order valence-corrected chi connectivity index (χ3v) is 11.1. The van der Waals surface area contributed by atoms with Crippen molar-refractivity contribution in [2.24, 2.45) is 0 Å². The van der Waals surface area contributed by atoms with Gasteiger partial charge < -0.3 is 33.2 Å². The molecular weight excluding hydrogens is 727 g/mol. The van der Waals surface area contributed by atoms with Crippen LogP contribution in [0.15, 0.2) is 88.2 Å². The first-order valence-electron chi connectivity index (χ1n) is 18.7. The first-order chi connectivity index (χ1) is 27.9. The van der Waals surface area contributed by atoms with Crippen LogP contribution in [0.5, 0.6) is 11.5 Å². The van der Waals surface area contributed by atoms with Gasteiger partial charge in [0.25, 0.3) is 11.8 Å². The smallest absolute Gasteiger partial charge is 0.314 e. The molecule has 5 heterocycles. The highest BCUT2D eigenvalue weighted by molar-refractivity contribution is 5.92. The van der Waals surface area contributed by atoms with E-state index in [4.69, 9.17) is 23.3 Å². The predicted octanol–water partition coefficient (Wildman–Crippen LogP) is 8.11. The zero-order valence-corrected chi connectivity index (χ0v) is 31.0. The molecule has 0 saturated carbocycles. The maximum atomic E-state index is 13.2. The monoisotopic (exact) mass is 761 g/mol. The van der Waals surface area contributed by atoms with Crippen LogP contribution < -0.4 is 9.47 Å². The van der Waals surface area contributed by atoms with E-state index in [1.54, 1.807) is 32.7 Å². The van der Waals surface area contributed by atoms with Gasteiger partial charge in [0, 0.05) is 80.2 Å². The fourth-order valence-corrected chi connectivity index (χ4v) is 8.33. The van der Waals surface area contributed by atoms with Gasteiger partial charge in [-0.25, -0.2) is 0 Å². The Hall–Kier alpha value is -7.09. The molecule has 5 aromatic heterocycles. The van der Waals surface area contributed by atoms with Crippen molar-refractivity contribution in [1.82, 2.24) is 35.2 Å². The Bertz CT molecular complexity index is 2810. The van der Waals surface area contributed by atoms with Gasteiger partial charge in [0.1, 0.15) is 11.5 Å². The summed E-state index contributed by atoms with van der Waals surface area (Å²) in [5.74, 6) is 1.71. The number of rotatable bonds is 10. The summed E-state index contributed by atoms with van der Waals surface area (Å²) in [7, 11) is 3.17. The maximum Gasteiger partial charge on any atom is 0.314 e. The normalized spacial score (nSPS) is 15.9. The highest BCUT2D eigenvalue weighted by Crippen LogP contribution is 2.43. The van der Waals surface area contributed by atoms with Crippen LogP contribution in [0.25, 0.3) is 67.5 Å². The second-order valence-corrected chi connectivity index (χ2v) is 14.5. The number of aryl methyl sites for hydroxylation is 2. The third-order valence-electron chi connectivity index (χ3n) is 11.1. The zero-order valence-electron chi connectivity index (χ0n) is 31.0. The van der Waals surface area contributed by atoms with Crippen LogP contribution in [0.3, 0.4) is 0 Å². The van der Waals surface area contributed by atoms with E-state index in [9.17, 15) is 9.59 Å². The number of fused-ring (bicyclic) bond motifs is 6. The van der Waals surface area contributed by atoms with E-state index in [0.717, 1.165) is 86.7 Å². The Morgan fingerprint density at radius 2 is 1.23 bits per heavy atom.